The van der Waals surface area contributed by atoms with E-state index in [-0.39, 0.29) is 0 Å². The van der Waals surface area contributed by atoms with Gasteiger partial charge in [0.25, 0.3) is 5.82 Å². The van der Waals surface area contributed by atoms with E-state index in [0.29, 0.717) is 10.6 Å². The van der Waals surface area contributed by atoms with Crippen LogP contribution in [-0.4, -0.2) is 14.6 Å². The summed E-state index contributed by atoms with van der Waals surface area (Å²) >= 11 is 5.36. The van der Waals surface area contributed by atoms with Crippen molar-refractivity contribution < 1.29 is 26.3 Å². The molecule has 98 valence electrons. The fourth-order valence-corrected chi connectivity index (χ4v) is 1.54. The molecule has 0 saturated heterocycles. The molecule has 2 heterocycles. The van der Waals surface area contributed by atoms with Gasteiger partial charge in [0.05, 0.1) is 5.56 Å². The quantitative estimate of drug-likeness (QED) is 0.549. The molecule has 0 radical (unpaired) electrons. The van der Waals surface area contributed by atoms with E-state index < -0.39 is 34.5 Å². The number of nitrogens with zero attached hydrogens (tertiary/aromatic N) is 3. The van der Waals surface area contributed by atoms with Gasteiger partial charge in [-0.3, -0.25) is 0 Å². The third kappa shape index (κ3) is 2.09. The van der Waals surface area contributed by atoms with Crippen LogP contribution in [0.15, 0.2) is 12.1 Å². The maximum absolute atomic E-state index is 12.4. The predicted octanol–water partition coefficient (Wildman–Crippen LogP) is 3.42. The van der Waals surface area contributed by atoms with E-state index in [1.165, 1.54) is 0 Å². The summed E-state index contributed by atoms with van der Waals surface area (Å²) in [5.74, 6) is -1.55. The highest BCUT2D eigenvalue weighted by Gasteiger charge is 2.38. The lowest BCUT2D eigenvalue weighted by atomic mass is 10.3. The highest BCUT2D eigenvalue weighted by atomic mass is 35.5. The lowest BCUT2D eigenvalue weighted by Crippen LogP contribution is -2.10. The molecule has 0 aliphatic rings. The molecule has 0 fully saturated rings. The monoisotopic (exact) mass is 289 g/mol. The fraction of sp³-hybridized carbons (Fsp3) is 0.250. The SMILES string of the molecule is FC(F)(F)c1nc2ccc(C(F)(F)F)c(Cl)n2n1. The molecule has 0 aliphatic carbocycles. The average molecular weight is 290 g/mol. The number of rotatable bonds is 0. The number of aromatic nitrogens is 3. The standard InChI is InChI=1S/C8H2ClF6N3/c9-5-3(7(10,11)12)1-2-4-16-6(8(13,14)15)17-18(4)5/h1-2H. The Kier molecular flexibility index (Phi) is 2.69. The van der Waals surface area contributed by atoms with Gasteiger partial charge in [-0.15, -0.1) is 5.10 Å². The van der Waals surface area contributed by atoms with E-state index in [4.69, 9.17) is 11.6 Å². The molecular formula is C8H2ClF6N3. The van der Waals surface area contributed by atoms with Gasteiger partial charge < -0.3 is 0 Å². The van der Waals surface area contributed by atoms with Crippen molar-refractivity contribution in [2.24, 2.45) is 0 Å². The van der Waals surface area contributed by atoms with Crippen molar-refractivity contribution in [3.8, 4) is 0 Å². The largest absolute Gasteiger partial charge is 0.453 e. The first-order valence-electron chi connectivity index (χ1n) is 4.30. The lowest BCUT2D eigenvalue weighted by Gasteiger charge is -2.08. The number of hydrogen-bond acceptors (Lipinski definition) is 2. The molecule has 0 unspecified atom stereocenters. The maximum Gasteiger partial charge on any atom is 0.453 e. The van der Waals surface area contributed by atoms with Gasteiger partial charge in [0.1, 0.15) is 5.15 Å². The Morgan fingerprint density at radius 2 is 1.61 bits per heavy atom. The summed E-state index contributed by atoms with van der Waals surface area (Å²) in [5, 5.41) is 1.94. The van der Waals surface area contributed by atoms with Crippen molar-refractivity contribution in [3.63, 3.8) is 0 Å². The molecule has 2 rings (SSSR count). The zero-order chi connectivity index (χ0) is 13.7. The summed E-state index contributed by atoms with van der Waals surface area (Å²) in [6, 6.07) is 1.31. The van der Waals surface area contributed by atoms with Gasteiger partial charge in [-0.2, -0.15) is 26.3 Å². The number of alkyl halides is 6. The third-order valence-electron chi connectivity index (χ3n) is 2.00. The van der Waals surface area contributed by atoms with E-state index >= 15 is 0 Å². The summed E-state index contributed by atoms with van der Waals surface area (Å²) in [6.07, 6.45) is -9.64. The number of hydrogen-bond donors (Lipinski definition) is 0. The Labute approximate surface area is 100.0 Å². The highest BCUT2D eigenvalue weighted by Crippen LogP contribution is 2.35. The Balaban J connectivity index is 2.69. The van der Waals surface area contributed by atoms with Gasteiger partial charge >= 0.3 is 12.4 Å². The summed E-state index contributed by atoms with van der Waals surface area (Å²) < 4.78 is 74.5. The van der Waals surface area contributed by atoms with E-state index in [2.05, 4.69) is 10.1 Å². The van der Waals surface area contributed by atoms with Crippen LogP contribution < -0.4 is 0 Å². The Bertz CT molecular complexity index is 599. The van der Waals surface area contributed by atoms with E-state index in [1.807, 2.05) is 0 Å². The van der Waals surface area contributed by atoms with Crippen LogP contribution in [-0.2, 0) is 12.4 Å². The van der Waals surface area contributed by atoms with Crippen LogP contribution in [0.5, 0.6) is 0 Å². The summed E-state index contributed by atoms with van der Waals surface area (Å²) in [5.41, 5.74) is -1.70. The summed E-state index contributed by atoms with van der Waals surface area (Å²) in [4.78, 5) is 3.04. The van der Waals surface area contributed by atoms with Crippen molar-refractivity contribution in [3.05, 3.63) is 28.7 Å². The van der Waals surface area contributed by atoms with Crippen molar-refractivity contribution in [1.82, 2.24) is 14.6 Å². The minimum absolute atomic E-state index is 0.299. The molecule has 10 heteroatoms. The maximum atomic E-state index is 12.4. The molecule has 18 heavy (non-hydrogen) atoms. The number of pyridine rings is 1. The van der Waals surface area contributed by atoms with Crippen LogP contribution in [0.3, 0.4) is 0 Å². The molecule has 3 nitrogen and oxygen atoms in total. The number of fused-ring (bicyclic) bond motifs is 1. The topological polar surface area (TPSA) is 30.2 Å². The molecule has 0 aromatic carbocycles. The van der Waals surface area contributed by atoms with Crippen molar-refractivity contribution in [1.29, 1.82) is 0 Å². The molecule has 0 atom stereocenters. The average Bonchev–Trinajstić information content (AvgIpc) is 2.59. The van der Waals surface area contributed by atoms with Crippen molar-refractivity contribution >= 4 is 17.2 Å². The first-order chi connectivity index (χ1) is 8.10. The molecule has 0 bridgehead atoms. The van der Waals surface area contributed by atoms with Crippen LogP contribution in [0.4, 0.5) is 26.3 Å². The van der Waals surface area contributed by atoms with Gasteiger partial charge in [0.2, 0.25) is 0 Å². The van der Waals surface area contributed by atoms with Crippen LogP contribution in [0.1, 0.15) is 11.4 Å². The Morgan fingerprint density at radius 1 is 1.00 bits per heavy atom. The van der Waals surface area contributed by atoms with Crippen molar-refractivity contribution in [2.45, 2.75) is 12.4 Å². The van der Waals surface area contributed by atoms with Gasteiger partial charge in [-0.05, 0) is 12.1 Å². The Morgan fingerprint density at radius 3 is 2.11 bits per heavy atom. The second-order valence-corrected chi connectivity index (χ2v) is 3.60. The second-order valence-electron chi connectivity index (χ2n) is 3.24. The van der Waals surface area contributed by atoms with Crippen LogP contribution >= 0.6 is 11.6 Å². The smallest absolute Gasteiger partial charge is 0.203 e. The predicted molar refractivity (Wildman–Crippen MR) is 48.0 cm³/mol. The number of halogens is 7. The van der Waals surface area contributed by atoms with Gasteiger partial charge in [0, 0.05) is 0 Å². The molecule has 0 spiro atoms. The normalized spacial score (nSPS) is 13.3. The molecule has 2 aromatic rings. The molecule has 0 aliphatic heterocycles. The summed E-state index contributed by atoms with van der Waals surface area (Å²) in [7, 11) is 0. The zero-order valence-corrected chi connectivity index (χ0v) is 8.90. The minimum atomic E-state index is -4.85. The van der Waals surface area contributed by atoms with Crippen LogP contribution in [0.25, 0.3) is 5.65 Å². The Hall–Kier alpha value is -1.51. The first kappa shape index (κ1) is 12.9. The molecule has 2 aromatic heterocycles. The van der Waals surface area contributed by atoms with Gasteiger partial charge in [0.15, 0.2) is 5.65 Å². The molecule has 0 N–H and O–H groups in total. The van der Waals surface area contributed by atoms with E-state index in [1.54, 1.807) is 0 Å². The van der Waals surface area contributed by atoms with Crippen molar-refractivity contribution in [2.75, 3.05) is 0 Å². The third-order valence-corrected chi connectivity index (χ3v) is 2.36. The molecular weight excluding hydrogens is 288 g/mol. The van der Waals surface area contributed by atoms with Gasteiger partial charge in [-0.25, -0.2) is 9.50 Å². The highest BCUT2D eigenvalue weighted by molar-refractivity contribution is 6.30. The van der Waals surface area contributed by atoms with E-state index in [0.717, 1.165) is 6.07 Å². The van der Waals surface area contributed by atoms with Crippen LogP contribution in [0.2, 0.25) is 5.15 Å². The minimum Gasteiger partial charge on any atom is -0.203 e. The fourth-order valence-electron chi connectivity index (χ4n) is 1.25. The lowest BCUT2D eigenvalue weighted by molar-refractivity contribution is -0.144. The second kappa shape index (κ2) is 3.74. The molecule has 0 saturated carbocycles. The zero-order valence-electron chi connectivity index (χ0n) is 8.14. The van der Waals surface area contributed by atoms with E-state index in [9.17, 15) is 26.3 Å². The molecule has 0 amide bonds. The van der Waals surface area contributed by atoms with Gasteiger partial charge in [-0.1, -0.05) is 11.6 Å². The first-order valence-corrected chi connectivity index (χ1v) is 4.68. The van der Waals surface area contributed by atoms with Crippen LogP contribution in [0, 0.1) is 0 Å². The summed E-state index contributed by atoms with van der Waals surface area (Å²) in [6.45, 7) is 0.